The SMILES string of the molecule is CC1(C(=O)Cc2ccc(C(F)(F)F)cc2)C(N2CCCC2)NCCN1C(=O)O.Cl. The molecular formula is C19H25ClF3N3O3. The number of hydrogen-bond acceptors (Lipinski definition) is 4. The summed E-state index contributed by atoms with van der Waals surface area (Å²) in [5.74, 6) is -0.334. The van der Waals surface area contributed by atoms with Gasteiger partial charge in [0.25, 0.3) is 0 Å². The second-order valence-corrected chi connectivity index (χ2v) is 7.48. The lowest BCUT2D eigenvalue weighted by atomic mass is 9.84. The molecule has 0 saturated carbocycles. The van der Waals surface area contributed by atoms with Crippen LogP contribution in [0.4, 0.5) is 18.0 Å². The quantitative estimate of drug-likeness (QED) is 0.760. The summed E-state index contributed by atoms with van der Waals surface area (Å²) in [6.45, 7) is 3.77. The average molecular weight is 436 g/mol. The molecule has 0 aromatic heterocycles. The Balaban J connectivity index is 0.00000300. The number of hydrogen-bond donors (Lipinski definition) is 2. The maximum absolute atomic E-state index is 13.3. The van der Waals surface area contributed by atoms with Gasteiger partial charge in [0.1, 0.15) is 5.54 Å². The largest absolute Gasteiger partial charge is 0.465 e. The number of nitrogens with zero attached hydrogens (tertiary/aromatic N) is 2. The van der Waals surface area contributed by atoms with E-state index in [1.54, 1.807) is 6.92 Å². The Morgan fingerprint density at radius 1 is 1.17 bits per heavy atom. The number of likely N-dealkylation sites (tertiary alicyclic amines) is 1. The molecule has 2 saturated heterocycles. The summed E-state index contributed by atoms with van der Waals surface area (Å²) >= 11 is 0. The fourth-order valence-corrected chi connectivity index (χ4v) is 4.15. The number of carbonyl (C=O) groups is 2. The van der Waals surface area contributed by atoms with Gasteiger partial charge in [-0.25, -0.2) is 4.79 Å². The van der Waals surface area contributed by atoms with Crippen LogP contribution in [0.15, 0.2) is 24.3 Å². The van der Waals surface area contributed by atoms with E-state index in [9.17, 15) is 27.9 Å². The summed E-state index contributed by atoms with van der Waals surface area (Å²) in [5.41, 5.74) is -1.68. The van der Waals surface area contributed by atoms with Crippen molar-refractivity contribution >= 4 is 24.3 Å². The normalized spacial score (nSPS) is 25.5. The van der Waals surface area contributed by atoms with Crippen molar-refractivity contribution in [2.75, 3.05) is 26.2 Å². The number of halogens is 4. The van der Waals surface area contributed by atoms with Crippen molar-refractivity contribution in [3.05, 3.63) is 35.4 Å². The number of carboxylic acid groups (broad SMARTS) is 1. The van der Waals surface area contributed by atoms with Gasteiger partial charge in [0.2, 0.25) is 0 Å². The van der Waals surface area contributed by atoms with Gasteiger partial charge in [-0.2, -0.15) is 13.2 Å². The zero-order valence-electron chi connectivity index (χ0n) is 16.0. The van der Waals surface area contributed by atoms with Crippen LogP contribution < -0.4 is 5.32 Å². The molecule has 3 rings (SSSR count). The molecule has 2 unspecified atom stereocenters. The lowest BCUT2D eigenvalue weighted by molar-refractivity contribution is -0.137. The van der Waals surface area contributed by atoms with E-state index in [1.165, 1.54) is 17.0 Å². The minimum absolute atomic E-state index is 0. The average Bonchev–Trinajstić information content (AvgIpc) is 3.15. The third-order valence-corrected chi connectivity index (χ3v) is 5.71. The van der Waals surface area contributed by atoms with Gasteiger partial charge in [-0.1, -0.05) is 12.1 Å². The Labute approximate surface area is 173 Å². The monoisotopic (exact) mass is 435 g/mol. The molecule has 162 valence electrons. The lowest BCUT2D eigenvalue weighted by Gasteiger charge is -2.50. The molecular weight excluding hydrogens is 411 g/mol. The van der Waals surface area contributed by atoms with Crippen molar-refractivity contribution in [1.82, 2.24) is 15.1 Å². The Hall–Kier alpha value is -1.84. The molecule has 2 atom stereocenters. The standard InChI is InChI=1S/C19H24F3N3O3.ClH/c1-18(15(26)12-13-4-6-14(7-5-13)19(20,21)22)16(24-9-2-3-10-24)23-8-11-25(18)17(27)28;/h4-7,16,23H,2-3,8-12H2,1H3,(H,27,28);1H. The molecule has 2 aliphatic heterocycles. The number of nitrogens with one attached hydrogen (secondary N) is 1. The summed E-state index contributed by atoms with van der Waals surface area (Å²) in [7, 11) is 0. The number of carbonyl (C=O) groups excluding carboxylic acids is 1. The molecule has 2 heterocycles. The molecule has 2 aliphatic rings. The molecule has 10 heteroatoms. The van der Waals surface area contributed by atoms with Crippen molar-refractivity contribution in [3.63, 3.8) is 0 Å². The number of piperazine rings is 1. The molecule has 0 bridgehead atoms. The van der Waals surface area contributed by atoms with E-state index >= 15 is 0 Å². The van der Waals surface area contributed by atoms with E-state index < -0.39 is 29.5 Å². The van der Waals surface area contributed by atoms with Crippen LogP contribution in [-0.2, 0) is 17.4 Å². The molecule has 0 aliphatic carbocycles. The Kier molecular flexibility index (Phi) is 7.19. The van der Waals surface area contributed by atoms with E-state index in [0.29, 0.717) is 12.1 Å². The van der Waals surface area contributed by atoms with Crippen LogP contribution in [0, 0.1) is 0 Å². The lowest BCUT2D eigenvalue weighted by Crippen LogP contribution is -2.74. The third-order valence-electron chi connectivity index (χ3n) is 5.71. The van der Waals surface area contributed by atoms with Crippen molar-refractivity contribution in [3.8, 4) is 0 Å². The van der Waals surface area contributed by atoms with Crippen LogP contribution in [0.5, 0.6) is 0 Å². The van der Waals surface area contributed by atoms with Gasteiger partial charge in [-0.15, -0.1) is 12.4 Å². The molecule has 6 nitrogen and oxygen atoms in total. The van der Waals surface area contributed by atoms with E-state index in [4.69, 9.17) is 0 Å². The first-order chi connectivity index (χ1) is 13.1. The van der Waals surface area contributed by atoms with Gasteiger partial charge in [0.15, 0.2) is 5.78 Å². The van der Waals surface area contributed by atoms with E-state index in [1.807, 2.05) is 0 Å². The molecule has 0 spiro atoms. The van der Waals surface area contributed by atoms with Gasteiger partial charge >= 0.3 is 12.3 Å². The van der Waals surface area contributed by atoms with Crippen LogP contribution in [0.1, 0.15) is 30.9 Å². The van der Waals surface area contributed by atoms with Gasteiger partial charge in [0.05, 0.1) is 11.7 Å². The minimum Gasteiger partial charge on any atom is -0.465 e. The second-order valence-electron chi connectivity index (χ2n) is 7.48. The minimum atomic E-state index is -4.44. The number of amides is 1. The molecule has 1 aromatic carbocycles. The number of ketones is 1. The summed E-state index contributed by atoms with van der Waals surface area (Å²) in [6, 6.07) is 4.43. The topological polar surface area (TPSA) is 72.9 Å². The highest BCUT2D eigenvalue weighted by Crippen LogP contribution is 2.32. The molecule has 29 heavy (non-hydrogen) atoms. The predicted octanol–water partition coefficient (Wildman–Crippen LogP) is 3.00. The zero-order chi connectivity index (χ0) is 20.5. The summed E-state index contributed by atoms with van der Waals surface area (Å²) in [4.78, 5) is 28.4. The van der Waals surface area contributed by atoms with Crippen LogP contribution in [-0.4, -0.2) is 64.7 Å². The summed E-state index contributed by atoms with van der Waals surface area (Å²) in [6.07, 6.45) is -4.24. The summed E-state index contributed by atoms with van der Waals surface area (Å²) in [5, 5.41) is 13.0. The van der Waals surface area contributed by atoms with Crippen LogP contribution in [0.25, 0.3) is 0 Å². The summed E-state index contributed by atoms with van der Waals surface area (Å²) < 4.78 is 38.2. The number of benzene rings is 1. The molecule has 2 fully saturated rings. The van der Waals surface area contributed by atoms with Crippen molar-refractivity contribution in [1.29, 1.82) is 0 Å². The van der Waals surface area contributed by atoms with Crippen molar-refractivity contribution < 1.29 is 27.9 Å². The highest BCUT2D eigenvalue weighted by Gasteiger charge is 2.52. The Morgan fingerprint density at radius 2 is 1.76 bits per heavy atom. The van der Waals surface area contributed by atoms with Gasteiger partial charge in [0, 0.05) is 19.5 Å². The number of rotatable bonds is 4. The third kappa shape index (κ3) is 4.67. The number of alkyl halides is 3. The first-order valence-corrected chi connectivity index (χ1v) is 9.31. The highest BCUT2D eigenvalue weighted by atomic mass is 35.5. The first-order valence-electron chi connectivity index (χ1n) is 9.31. The van der Waals surface area contributed by atoms with Gasteiger partial charge in [-0.3, -0.25) is 19.9 Å². The Bertz CT molecular complexity index is 738. The van der Waals surface area contributed by atoms with Crippen LogP contribution >= 0.6 is 12.4 Å². The van der Waals surface area contributed by atoms with Crippen LogP contribution in [0.3, 0.4) is 0 Å². The second kappa shape index (κ2) is 8.89. The maximum atomic E-state index is 13.3. The first kappa shape index (κ1) is 23.4. The van der Waals surface area contributed by atoms with E-state index in [-0.39, 0.29) is 31.2 Å². The van der Waals surface area contributed by atoms with E-state index in [2.05, 4.69) is 10.2 Å². The number of Topliss-reactive ketones (excluding diaryl/α,β-unsaturated/α-hetero) is 1. The maximum Gasteiger partial charge on any atom is 0.416 e. The molecule has 1 aromatic rings. The molecule has 2 N–H and O–H groups in total. The predicted molar refractivity (Wildman–Crippen MR) is 103 cm³/mol. The highest BCUT2D eigenvalue weighted by molar-refractivity contribution is 5.93. The van der Waals surface area contributed by atoms with Crippen molar-refractivity contribution in [2.24, 2.45) is 0 Å². The van der Waals surface area contributed by atoms with Gasteiger partial charge < -0.3 is 5.11 Å². The fraction of sp³-hybridized carbons (Fsp3) is 0.579. The smallest absolute Gasteiger partial charge is 0.416 e. The zero-order valence-corrected chi connectivity index (χ0v) is 16.9. The molecule has 0 radical (unpaired) electrons. The van der Waals surface area contributed by atoms with Crippen LogP contribution in [0.2, 0.25) is 0 Å². The molecule has 1 amide bonds. The van der Waals surface area contributed by atoms with Crippen molar-refractivity contribution in [2.45, 2.75) is 44.1 Å². The van der Waals surface area contributed by atoms with Gasteiger partial charge in [-0.05, 0) is 50.6 Å². The fourth-order valence-electron chi connectivity index (χ4n) is 4.15. The Morgan fingerprint density at radius 3 is 2.28 bits per heavy atom. The van der Waals surface area contributed by atoms with E-state index in [0.717, 1.165) is 38.1 Å².